The Hall–Kier alpha value is -2.95. The Labute approximate surface area is 147 Å². The fourth-order valence-electron chi connectivity index (χ4n) is 2.33. The molecule has 2 N–H and O–H groups in total. The summed E-state index contributed by atoms with van der Waals surface area (Å²) in [4.78, 5) is 9.12. The maximum absolute atomic E-state index is 13.9. The third kappa shape index (κ3) is 4.53. The Bertz CT molecular complexity index is 834. The lowest BCUT2D eigenvalue weighted by Gasteiger charge is -2.13. The van der Waals surface area contributed by atoms with Crippen molar-refractivity contribution in [2.75, 3.05) is 17.2 Å². The highest BCUT2D eigenvalue weighted by Crippen LogP contribution is 2.24. The van der Waals surface area contributed by atoms with Gasteiger partial charge in [0, 0.05) is 18.2 Å². The van der Waals surface area contributed by atoms with Crippen LogP contribution in [0.5, 0.6) is 0 Å². The summed E-state index contributed by atoms with van der Waals surface area (Å²) in [5.41, 5.74) is 1.29. The molecule has 0 fully saturated rings. The van der Waals surface area contributed by atoms with Crippen molar-refractivity contribution in [2.45, 2.75) is 13.8 Å². The lowest BCUT2D eigenvalue weighted by molar-refractivity contribution is 0.632. The molecule has 1 heterocycles. The molecule has 3 rings (SSSR count). The van der Waals surface area contributed by atoms with Crippen LogP contribution in [0.3, 0.4) is 0 Å². The molecule has 0 amide bonds. The molecule has 0 aliphatic carbocycles. The fourth-order valence-corrected chi connectivity index (χ4v) is 2.33. The molecule has 0 aliphatic heterocycles. The minimum Gasteiger partial charge on any atom is -0.370 e. The molecule has 2 aromatic carbocycles. The average Bonchev–Trinajstić information content (AvgIpc) is 2.62. The van der Waals surface area contributed by atoms with E-state index in [0.29, 0.717) is 29.1 Å². The van der Waals surface area contributed by atoms with Crippen molar-refractivity contribution in [3.63, 3.8) is 0 Å². The highest BCUT2D eigenvalue weighted by atomic mass is 19.1. The Morgan fingerprint density at radius 3 is 2.32 bits per heavy atom. The summed E-state index contributed by atoms with van der Waals surface area (Å²) in [6.07, 6.45) is 0. The van der Waals surface area contributed by atoms with Crippen LogP contribution in [0.25, 0.3) is 11.4 Å². The van der Waals surface area contributed by atoms with Gasteiger partial charge in [-0.2, -0.15) is 0 Å². The fraction of sp³-hybridized carbons (Fsp3) is 0.200. The summed E-state index contributed by atoms with van der Waals surface area (Å²) >= 11 is 0. The number of hydrogen-bond donors (Lipinski definition) is 2. The molecular weight excluding hydrogens is 315 g/mol. The Morgan fingerprint density at radius 1 is 0.920 bits per heavy atom. The molecule has 0 bridgehead atoms. The lowest BCUT2D eigenvalue weighted by atomic mass is 10.2. The smallest absolute Gasteiger partial charge is 0.163 e. The number of halogens is 1. The minimum atomic E-state index is -0.320. The van der Waals surface area contributed by atoms with Crippen LogP contribution >= 0.6 is 0 Å². The number of hydrogen-bond acceptors (Lipinski definition) is 4. The van der Waals surface area contributed by atoms with Gasteiger partial charge in [-0.1, -0.05) is 56.3 Å². The zero-order chi connectivity index (χ0) is 17.6. The zero-order valence-electron chi connectivity index (χ0n) is 14.3. The third-order valence-corrected chi connectivity index (χ3v) is 3.59. The van der Waals surface area contributed by atoms with E-state index >= 15 is 0 Å². The molecule has 0 spiro atoms. The van der Waals surface area contributed by atoms with Crippen LogP contribution in [-0.4, -0.2) is 16.5 Å². The van der Waals surface area contributed by atoms with Gasteiger partial charge in [-0.05, 0) is 18.1 Å². The van der Waals surface area contributed by atoms with Gasteiger partial charge in [-0.25, -0.2) is 14.4 Å². The molecule has 25 heavy (non-hydrogen) atoms. The minimum absolute atomic E-state index is 0.320. The summed E-state index contributed by atoms with van der Waals surface area (Å²) in [7, 11) is 0. The molecule has 128 valence electrons. The molecule has 0 aliphatic rings. The van der Waals surface area contributed by atoms with Crippen LogP contribution in [-0.2, 0) is 0 Å². The molecule has 3 aromatic rings. The molecule has 0 saturated carbocycles. The number of para-hydroxylation sites is 1. The molecule has 0 atom stereocenters. The van der Waals surface area contributed by atoms with Crippen molar-refractivity contribution in [1.82, 2.24) is 9.97 Å². The van der Waals surface area contributed by atoms with Gasteiger partial charge in [0.15, 0.2) is 5.82 Å². The zero-order valence-corrected chi connectivity index (χ0v) is 14.3. The highest BCUT2D eigenvalue weighted by molar-refractivity contribution is 5.65. The van der Waals surface area contributed by atoms with Crippen molar-refractivity contribution < 1.29 is 4.39 Å². The number of nitrogens with zero attached hydrogens (tertiary/aromatic N) is 2. The van der Waals surface area contributed by atoms with Crippen molar-refractivity contribution in [3.05, 3.63) is 66.5 Å². The van der Waals surface area contributed by atoms with Crippen LogP contribution in [0.2, 0.25) is 0 Å². The summed E-state index contributed by atoms with van der Waals surface area (Å²) in [6, 6.07) is 18.1. The van der Waals surface area contributed by atoms with E-state index in [1.807, 2.05) is 30.3 Å². The van der Waals surface area contributed by atoms with E-state index in [-0.39, 0.29) is 5.82 Å². The van der Waals surface area contributed by atoms with Crippen LogP contribution < -0.4 is 10.6 Å². The second-order valence-corrected chi connectivity index (χ2v) is 6.21. The number of benzene rings is 2. The van der Waals surface area contributed by atoms with Gasteiger partial charge >= 0.3 is 0 Å². The predicted octanol–water partition coefficient (Wildman–Crippen LogP) is 5.09. The molecule has 1 aromatic heterocycles. The monoisotopic (exact) mass is 336 g/mol. The van der Waals surface area contributed by atoms with E-state index in [9.17, 15) is 4.39 Å². The number of nitrogens with one attached hydrogen (secondary N) is 2. The van der Waals surface area contributed by atoms with E-state index in [0.717, 1.165) is 12.1 Å². The van der Waals surface area contributed by atoms with Gasteiger partial charge in [-0.15, -0.1) is 0 Å². The Balaban J connectivity index is 1.96. The van der Waals surface area contributed by atoms with Crippen LogP contribution in [0.1, 0.15) is 13.8 Å². The molecule has 0 radical (unpaired) electrons. The quantitative estimate of drug-likeness (QED) is 0.658. The SMILES string of the molecule is CC(C)CNc1cc(Nc2ccccc2F)nc(-c2ccccc2)n1. The summed E-state index contributed by atoms with van der Waals surface area (Å²) < 4.78 is 13.9. The molecule has 5 heteroatoms. The standard InChI is InChI=1S/C20H21FN4/c1-14(2)13-22-18-12-19(23-17-11-7-6-10-16(17)21)25-20(24-18)15-8-4-3-5-9-15/h3-12,14H,13H2,1-2H3,(H2,22,23,24,25). The maximum Gasteiger partial charge on any atom is 0.163 e. The molecule has 4 nitrogen and oxygen atoms in total. The van der Waals surface area contributed by atoms with E-state index in [2.05, 4.69) is 34.4 Å². The average molecular weight is 336 g/mol. The largest absolute Gasteiger partial charge is 0.370 e. The van der Waals surface area contributed by atoms with Gasteiger partial charge in [0.2, 0.25) is 0 Å². The van der Waals surface area contributed by atoms with Gasteiger partial charge < -0.3 is 10.6 Å². The maximum atomic E-state index is 13.9. The Kier molecular flexibility index (Phi) is 5.23. The van der Waals surface area contributed by atoms with E-state index < -0.39 is 0 Å². The molecule has 0 saturated heterocycles. The second-order valence-electron chi connectivity index (χ2n) is 6.21. The van der Waals surface area contributed by atoms with Crippen LogP contribution in [0, 0.1) is 11.7 Å². The summed E-state index contributed by atoms with van der Waals surface area (Å²) in [5.74, 6) is 2.01. The van der Waals surface area contributed by atoms with Crippen LogP contribution in [0.15, 0.2) is 60.7 Å². The Morgan fingerprint density at radius 2 is 1.60 bits per heavy atom. The summed E-state index contributed by atoms with van der Waals surface area (Å²) in [6.45, 7) is 5.06. The number of aromatic nitrogens is 2. The normalized spacial score (nSPS) is 10.7. The first-order valence-electron chi connectivity index (χ1n) is 8.32. The lowest BCUT2D eigenvalue weighted by Crippen LogP contribution is -2.10. The second kappa shape index (κ2) is 7.75. The molecular formula is C20H21FN4. The van der Waals surface area contributed by atoms with Crippen molar-refractivity contribution >= 4 is 17.3 Å². The first kappa shape index (κ1) is 16.9. The first-order chi connectivity index (χ1) is 12.1. The van der Waals surface area contributed by atoms with E-state index in [1.165, 1.54) is 6.07 Å². The molecule has 0 unspecified atom stereocenters. The van der Waals surface area contributed by atoms with Crippen molar-refractivity contribution in [1.29, 1.82) is 0 Å². The topological polar surface area (TPSA) is 49.8 Å². The number of anilines is 3. The van der Waals surface area contributed by atoms with E-state index in [1.54, 1.807) is 24.3 Å². The van der Waals surface area contributed by atoms with Crippen LogP contribution in [0.4, 0.5) is 21.7 Å². The van der Waals surface area contributed by atoms with E-state index in [4.69, 9.17) is 0 Å². The van der Waals surface area contributed by atoms with Crippen molar-refractivity contribution in [2.24, 2.45) is 5.92 Å². The van der Waals surface area contributed by atoms with Gasteiger partial charge in [0.05, 0.1) is 5.69 Å². The highest BCUT2D eigenvalue weighted by Gasteiger charge is 2.09. The predicted molar refractivity (Wildman–Crippen MR) is 100 cm³/mol. The first-order valence-corrected chi connectivity index (χ1v) is 8.32. The van der Waals surface area contributed by atoms with Gasteiger partial charge in [-0.3, -0.25) is 0 Å². The summed E-state index contributed by atoms with van der Waals surface area (Å²) in [5, 5.41) is 6.35. The third-order valence-electron chi connectivity index (χ3n) is 3.59. The van der Waals surface area contributed by atoms with Crippen molar-refractivity contribution in [3.8, 4) is 11.4 Å². The van der Waals surface area contributed by atoms with Gasteiger partial charge in [0.1, 0.15) is 17.5 Å². The van der Waals surface area contributed by atoms with Gasteiger partial charge in [0.25, 0.3) is 0 Å². The number of rotatable bonds is 6.